The fourth-order valence-electron chi connectivity index (χ4n) is 7.35. The molecule has 0 aliphatic heterocycles. The number of rotatable bonds is 4. The van der Waals surface area contributed by atoms with Crippen LogP contribution in [0.1, 0.15) is 43.2 Å². The van der Waals surface area contributed by atoms with E-state index in [2.05, 4.69) is 109 Å². The smallest absolute Gasteiger partial charge is 0.160 e. The van der Waals surface area contributed by atoms with Crippen LogP contribution in [-0.2, 0) is 5.41 Å². The van der Waals surface area contributed by atoms with E-state index < -0.39 is 0 Å². The summed E-state index contributed by atoms with van der Waals surface area (Å²) in [6.45, 7) is 0. The molecular weight excluding hydrogens is 508 g/mol. The van der Waals surface area contributed by atoms with Crippen LogP contribution in [0.5, 0.6) is 0 Å². The molecule has 0 atom stereocenters. The first-order chi connectivity index (χ1) is 20.8. The summed E-state index contributed by atoms with van der Waals surface area (Å²) in [5, 5.41) is 0. The molecule has 2 nitrogen and oxygen atoms in total. The predicted octanol–water partition coefficient (Wildman–Crippen LogP) is 10.4. The Balaban J connectivity index is 1.29. The molecule has 2 aliphatic rings. The van der Waals surface area contributed by atoms with Crippen molar-refractivity contribution in [1.82, 2.24) is 9.97 Å². The standard InChI is InChI=1S/C40H32N2/c1-4-14-28(15-5-1)36-27-37(42-39(41-36)29-16-6-2-7-17-29)31-19-12-18-30(26-31)32-21-13-23-35-38(32)33-20-8-9-22-34(33)40(35)24-10-3-11-25-40/h1-2,4-9,12-23,26-27H,3,10-11,24-25H2. The molecule has 2 heteroatoms. The number of nitrogens with zero attached hydrogens (tertiary/aromatic N) is 2. The molecule has 202 valence electrons. The first-order valence-corrected chi connectivity index (χ1v) is 15.1. The van der Waals surface area contributed by atoms with E-state index in [4.69, 9.17) is 9.97 Å². The fraction of sp³-hybridized carbons (Fsp3) is 0.150. The minimum atomic E-state index is 0.152. The van der Waals surface area contributed by atoms with Crippen LogP contribution in [0, 0.1) is 0 Å². The number of hydrogen-bond donors (Lipinski definition) is 0. The lowest BCUT2D eigenvalue weighted by Gasteiger charge is -2.36. The lowest BCUT2D eigenvalue weighted by Crippen LogP contribution is -2.27. The molecule has 6 aromatic rings. The lowest BCUT2D eigenvalue weighted by atomic mass is 9.68. The van der Waals surface area contributed by atoms with Gasteiger partial charge in [-0.25, -0.2) is 9.97 Å². The van der Waals surface area contributed by atoms with Gasteiger partial charge in [0.05, 0.1) is 11.4 Å². The second-order valence-corrected chi connectivity index (χ2v) is 11.7. The van der Waals surface area contributed by atoms with Crippen molar-refractivity contribution >= 4 is 0 Å². The second kappa shape index (κ2) is 10.2. The van der Waals surface area contributed by atoms with E-state index >= 15 is 0 Å². The average molecular weight is 541 g/mol. The number of benzene rings is 5. The van der Waals surface area contributed by atoms with Gasteiger partial charge in [-0.3, -0.25) is 0 Å². The van der Waals surface area contributed by atoms with Gasteiger partial charge in [0.15, 0.2) is 5.82 Å². The van der Waals surface area contributed by atoms with Gasteiger partial charge in [-0.05, 0) is 58.4 Å². The quantitative estimate of drug-likeness (QED) is 0.222. The maximum atomic E-state index is 5.10. The summed E-state index contributed by atoms with van der Waals surface area (Å²) in [6.07, 6.45) is 6.43. The molecule has 1 aromatic heterocycles. The largest absolute Gasteiger partial charge is 0.228 e. The van der Waals surface area contributed by atoms with Crippen LogP contribution in [0.2, 0.25) is 0 Å². The van der Waals surface area contributed by atoms with E-state index in [1.54, 1.807) is 0 Å². The third-order valence-electron chi connectivity index (χ3n) is 9.30. The summed E-state index contributed by atoms with van der Waals surface area (Å²) in [4.78, 5) is 10.1. The molecule has 1 heterocycles. The molecule has 42 heavy (non-hydrogen) atoms. The SMILES string of the molecule is c1ccc(-c2cc(-c3cccc(-c4cccc5c4-c4ccccc4C54CCCCC4)c3)nc(-c3ccccc3)n2)cc1. The van der Waals surface area contributed by atoms with Crippen molar-refractivity contribution in [2.75, 3.05) is 0 Å². The van der Waals surface area contributed by atoms with Gasteiger partial charge in [-0.1, -0.05) is 141 Å². The average Bonchev–Trinajstić information content (AvgIpc) is 3.35. The first-order valence-electron chi connectivity index (χ1n) is 15.1. The van der Waals surface area contributed by atoms with Crippen molar-refractivity contribution in [3.63, 3.8) is 0 Å². The third-order valence-corrected chi connectivity index (χ3v) is 9.30. The van der Waals surface area contributed by atoms with E-state index in [-0.39, 0.29) is 5.41 Å². The van der Waals surface area contributed by atoms with Gasteiger partial charge < -0.3 is 0 Å². The van der Waals surface area contributed by atoms with Gasteiger partial charge in [0.2, 0.25) is 0 Å². The molecule has 1 spiro atoms. The molecule has 1 saturated carbocycles. The summed E-state index contributed by atoms with van der Waals surface area (Å²) < 4.78 is 0. The van der Waals surface area contributed by atoms with E-state index in [0.717, 1.165) is 33.9 Å². The third kappa shape index (κ3) is 4.10. The first kappa shape index (κ1) is 24.9. The monoisotopic (exact) mass is 540 g/mol. The summed E-state index contributed by atoms with van der Waals surface area (Å²) in [6, 6.07) is 47.9. The molecule has 2 aliphatic carbocycles. The Bertz CT molecular complexity index is 1840. The van der Waals surface area contributed by atoms with Crippen LogP contribution in [-0.4, -0.2) is 9.97 Å². The van der Waals surface area contributed by atoms with Gasteiger partial charge >= 0.3 is 0 Å². The van der Waals surface area contributed by atoms with Crippen LogP contribution in [0.3, 0.4) is 0 Å². The molecule has 0 saturated heterocycles. The lowest BCUT2D eigenvalue weighted by molar-refractivity contribution is 0.353. The Morgan fingerprint density at radius 1 is 0.429 bits per heavy atom. The Hall–Kier alpha value is -4.82. The van der Waals surface area contributed by atoms with E-state index in [9.17, 15) is 0 Å². The van der Waals surface area contributed by atoms with Gasteiger partial charge in [0.1, 0.15) is 0 Å². The van der Waals surface area contributed by atoms with Crippen molar-refractivity contribution in [2.45, 2.75) is 37.5 Å². The molecule has 1 fully saturated rings. The van der Waals surface area contributed by atoms with E-state index in [0.29, 0.717) is 0 Å². The van der Waals surface area contributed by atoms with Gasteiger partial charge in [0, 0.05) is 22.1 Å². The highest BCUT2D eigenvalue weighted by Gasteiger charge is 2.44. The van der Waals surface area contributed by atoms with Crippen LogP contribution in [0.4, 0.5) is 0 Å². The van der Waals surface area contributed by atoms with E-state index in [1.165, 1.54) is 65.5 Å². The summed E-state index contributed by atoms with van der Waals surface area (Å²) in [5.41, 5.74) is 13.6. The van der Waals surface area contributed by atoms with Crippen molar-refractivity contribution in [3.8, 4) is 56.2 Å². The zero-order valence-corrected chi connectivity index (χ0v) is 23.6. The minimum absolute atomic E-state index is 0.152. The Morgan fingerprint density at radius 3 is 1.79 bits per heavy atom. The maximum absolute atomic E-state index is 5.10. The van der Waals surface area contributed by atoms with Crippen LogP contribution >= 0.6 is 0 Å². The minimum Gasteiger partial charge on any atom is -0.228 e. The second-order valence-electron chi connectivity index (χ2n) is 11.7. The summed E-state index contributed by atoms with van der Waals surface area (Å²) >= 11 is 0. The van der Waals surface area contributed by atoms with Gasteiger partial charge in [-0.2, -0.15) is 0 Å². The summed E-state index contributed by atoms with van der Waals surface area (Å²) in [7, 11) is 0. The number of fused-ring (bicyclic) bond motifs is 5. The topological polar surface area (TPSA) is 25.8 Å². The molecule has 8 rings (SSSR count). The predicted molar refractivity (Wildman–Crippen MR) is 173 cm³/mol. The van der Waals surface area contributed by atoms with Crippen LogP contribution < -0.4 is 0 Å². The molecule has 0 N–H and O–H groups in total. The Kier molecular flexibility index (Phi) is 6.07. The molecule has 0 amide bonds. The molecule has 0 bridgehead atoms. The van der Waals surface area contributed by atoms with Gasteiger partial charge in [-0.15, -0.1) is 0 Å². The Morgan fingerprint density at radius 2 is 1.00 bits per heavy atom. The highest BCUT2D eigenvalue weighted by atomic mass is 14.9. The molecular formula is C40H32N2. The van der Waals surface area contributed by atoms with Gasteiger partial charge in [0.25, 0.3) is 0 Å². The zero-order valence-electron chi connectivity index (χ0n) is 23.6. The molecule has 0 radical (unpaired) electrons. The van der Waals surface area contributed by atoms with Crippen LogP contribution in [0.25, 0.3) is 56.2 Å². The number of hydrogen-bond acceptors (Lipinski definition) is 2. The molecule has 5 aromatic carbocycles. The van der Waals surface area contributed by atoms with Crippen molar-refractivity contribution in [3.05, 3.63) is 145 Å². The van der Waals surface area contributed by atoms with Crippen LogP contribution in [0.15, 0.2) is 133 Å². The normalized spacial score (nSPS) is 14.9. The fourth-order valence-corrected chi connectivity index (χ4v) is 7.35. The Labute approximate surface area is 247 Å². The maximum Gasteiger partial charge on any atom is 0.160 e. The highest BCUT2D eigenvalue weighted by Crippen LogP contribution is 2.57. The highest BCUT2D eigenvalue weighted by molar-refractivity contribution is 5.93. The van der Waals surface area contributed by atoms with Crippen molar-refractivity contribution in [1.29, 1.82) is 0 Å². The summed E-state index contributed by atoms with van der Waals surface area (Å²) in [5.74, 6) is 0.742. The molecule has 0 unspecified atom stereocenters. The zero-order chi connectivity index (χ0) is 27.9. The van der Waals surface area contributed by atoms with Crippen molar-refractivity contribution in [2.24, 2.45) is 0 Å². The van der Waals surface area contributed by atoms with Crippen molar-refractivity contribution < 1.29 is 0 Å². The number of aromatic nitrogens is 2. The van der Waals surface area contributed by atoms with E-state index in [1.807, 2.05) is 24.3 Å².